The van der Waals surface area contributed by atoms with Crippen molar-refractivity contribution >= 4 is 17.5 Å². The minimum atomic E-state index is -0.472. The van der Waals surface area contributed by atoms with Crippen LogP contribution < -0.4 is 15.6 Å². The smallest absolute Gasteiger partial charge is 0.254 e. The highest BCUT2D eigenvalue weighted by Crippen LogP contribution is 2.31. The Bertz CT molecular complexity index is 1050. The van der Waals surface area contributed by atoms with Gasteiger partial charge in [0.2, 0.25) is 11.8 Å². The predicted molar refractivity (Wildman–Crippen MR) is 124 cm³/mol. The Balaban J connectivity index is 1.97. The molecule has 32 heavy (non-hydrogen) atoms. The third-order valence-electron chi connectivity index (χ3n) is 5.71. The number of nitrogens with one attached hydrogen (secondary N) is 2. The molecule has 8 nitrogen and oxygen atoms in total. The van der Waals surface area contributed by atoms with Gasteiger partial charge in [-0.15, -0.1) is 0 Å². The number of likely N-dealkylation sites (tertiary alicyclic amines) is 1. The van der Waals surface area contributed by atoms with Gasteiger partial charge < -0.3 is 19.9 Å². The fourth-order valence-electron chi connectivity index (χ4n) is 4.10. The number of hydrogen-bond donors (Lipinski definition) is 2. The summed E-state index contributed by atoms with van der Waals surface area (Å²) in [6.07, 6.45) is 3.53. The average molecular weight is 441 g/mol. The first-order valence-electron chi connectivity index (χ1n) is 11.4. The van der Waals surface area contributed by atoms with Gasteiger partial charge in [-0.2, -0.15) is 0 Å². The maximum absolute atomic E-state index is 12.9. The van der Waals surface area contributed by atoms with Crippen molar-refractivity contribution in [3.63, 3.8) is 0 Å². The minimum Gasteiger partial charge on any atom is -0.493 e. The summed E-state index contributed by atoms with van der Waals surface area (Å²) in [5, 5.41) is 2.92. The second-order valence-electron chi connectivity index (χ2n) is 7.97. The number of aromatic amines is 1. The van der Waals surface area contributed by atoms with Crippen LogP contribution in [-0.2, 0) is 22.4 Å². The van der Waals surface area contributed by atoms with Crippen molar-refractivity contribution < 1.29 is 14.3 Å². The molecule has 8 heteroatoms. The third kappa shape index (κ3) is 5.00. The fourth-order valence-corrected chi connectivity index (χ4v) is 4.10. The summed E-state index contributed by atoms with van der Waals surface area (Å²) in [7, 11) is 0. The molecule has 2 aromatic rings. The molecular formula is C24H32N4O4. The molecule has 0 aliphatic carbocycles. The Hall–Kier alpha value is -3.16. The van der Waals surface area contributed by atoms with Crippen LogP contribution in [0.2, 0.25) is 0 Å². The number of H-pyrrole nitrogens is 1. The van der Waals surface area contributed by atoms with Gasteiger partial charge in [0.25, 0.3) is 5.56 Å². The van der Waals surface area contributed by atoms with Crippen LogP contribution in [0.4, 0.5) is 5.69 Å². The van der Waals surface area contributed by atoms with E-state index in [1.165, 1.54) is 6.92 Å². The van der Waals surface area contributed by atoms with Crippen LogP contribution in [0.1, 0.15) is 58.2 Å². The van der Waals surface area contributed by atoms with Gasteiger partial charge in [-0.25, -0.2) is 4.98 Å². The lowest BCUT2D eigenvalue weighted by Crippen LogP contribution is -2.42. The van der Waals surface area contributed by atoms with E-state index >= 15 is 0 Å². The standard InChI is InChI=1S/C24H32N4O4/c1-5-13-32-21-11-10-16(25-24(31)20-9-8-12-28(20)15(4)29)14-18(21)22-26-19(7-3)17(6-2)23(30)27-22/h10-11,14,20H,5-9,12-13H2,1-4H3,(H,25,31)(H,26,27,30)/t20-/m0/s1. The van der Waals surface area contributed by atoms with Crippen molar-refractivity contribution in [2.45, 2.75) is 65.8 Å². The van der Waals surface area contributed by atoms with Crippen LogP contribution in [0.5, 0.6) is 5.75 Å². The molecule has 1 aromatic heterocycles. The van der Waals surface area contributed by atoms with Crippen molar-refractivity contribution in [3.05, 3.63) is 39.8 Å². The molecule has 0 radical (unpaired) electrons. The summed E-state index contributed by atoms with van der Waals surface area (Å²) >= 11 is 0. The summed E-state index contributed by atoms with van der Waals surface area (Å²) in [6, 6.07) is 4.83. The van der Waals surface area contributed by atoms with Crippen LogP contribution in [0, 0.1) is 0 Å². The average Bonchev–Trinajstić information content (AvgIpc) is 3.28. The Labute approximate surface area is 188 Å². The molecule has 2 amide bonds. The number of carbonyl (C=O) groups is 2. The quantitative estimate of drug-likeness (QED) is 0.655. The van der Waals surface area contributed by atoms with Gasteiger partial charge in [-0.3, -0.25) is 14.4 Å². The van der Waals surface area contributed by atoms with E-state index < -0.39 is 6.04 Å². The Morgan fingerprint density at radius 3 is 2.69 bits per heavy atom. The third-order valence-corrected chi connectivity index (χ3v) is 5.71. The number of aromatic nitrogens is 2. The van der Waals surface area contributed by atoms with Crippen molar-refractivity contribution in [1.29, 1.82) is 0 Å². The number of nitrogens with zero attached hydrogens (tertiary/aromatic N) is 2. The van der Waals surface area contributed by atoms with Gasteiger partial charge in [0.05, 0.1) is 17.9 Å². The maximum Gasteiger partial charge on any atom is 0.254 e. The van der Waals surface area contributed by atoms with E-state index in [-0.39, 0.29) is 17.4 Å². The van der Waals surface area contributed by atoms with Crippen molar-refractivity contribution in [2.75, 3.05) is 18.5 Å². The first-order chi connectivity index (χ1) is 15.4. The summed E-state index contributed by atoms with van der Waals surface area (Å²) < 4.78 is 5.89. The minimum absolute atomic E-state index is 0.100. The van der Waals surface area contributed by atoms with E-state index in [1.54, 1.807) is 23.1 Å². The highest BCUT2D eigenvalue weighted by atomic mass is 16.5. The normalized spacial score (nSPS) is 15.6. The number of hydrogen-bond acceptors (Lipinski definition) is 5. The second-order valence-corrected chi connectivity index (χ2v) is 7.97. The summed E-state index contributed by atoms with van der Waals surface area (Å²) in [5.41, 5.74) is 2.45. The molecule has 1 aromatic carbocycles. The van der Waals surface area contributed by atoms with E-state index in [1.807, 2.05) is 20.8 Å². The largest absolute Gasteiger partial charge is 0.493 e. The Kier molecular flexibility index (Phi) is 7.66. The molecule has 0 saturated carbocycles. The highest BCUT2D eigenvalue weighted by Gasteiger charge is 2.32. The zero-order chi connectivity index (χ0) is 23.3. The summed E-state index contributed by atoms with van der Waals surface area (Å²) in [6.45, 7) is 8.52. The molecule has 2 N–H and O–H groups in total. The topological polar surface area (TPSA) is 104 Å². The number of aryl methyl sites for hydroxylation is 1. The molecule has 1 fully saturated rings. The highest BCUT2D eigenvalue weighted by molar-refractivity contribution is 5.97. The van der Waals surface area contributed by atoms with Gasteiger partial charge in [-0.1, -0.05) is 20.8 Å². The Morgan fingerprint density at radius 2 is 2.03 bits per heavy atom. The second kappa shape index (κ2) is 10.4. The number of amides is 2. The lowest BCUT2D eigenvalue weighted by atomic mass is 10.1. The van der Waals surface area contributed by atoms with Crippen molar-refractivity contribution in [1.82, 2.24) is 14.9 Å². The fraction of sp³-hybridized carbons (Fsp3) is 0.500. The lowest BCUT2D eigenvalue weighted by molar-refractivity contribution is -0.134. The van der Waals surface area contributed by atoms with Gasteiger partial charge in [-0.05, 0) is 50.3 Å². The maximum atomic E-state index is 12.9. The van der Waals surface area contributed by atoms with Gasteiger partial charge >= 0.3 is 0 Å². The number of rotatable bonds is 8. The zero-order valence-electron chi connectivity index (χ0n) is 19.3. The van der Waals surface area contributed by atoms with E-state index in [0.717, 1.165) is 18.5 Å². The molecule has 1 aliphatic rings. The zero-order valence-corrected chi connectivity index (χ0v) is 19.3. The number of ether oxygens (including phenoxy) is 1. The van der Waals surface area contributed by atoms with Crippen molar-refractivity contribution in [2.24, 2.45) is 0 Å². The van der Waals surface area contributed by atoms with Crippen LogP contribution in [-0.4, -0.2) is 45.9 Å². The van der Waals surface area contributed by atoms with Crippen LogP contribution in [0.3, 0.4) is 0 Å². The molecule has 1 atom stereocenters. The molecule has 1 aliphatic heterocycles. The van der Waals surface area contributed by atoms with Crippen LogP contribution >= 0.6 is 0 Å². The number of anilines is 1. The predicted octanol–water partition coefficient (Wildman–Crippen LogP) is 3.30. The first kappa shape index (κ1) is 23.5. The molecule has 3 rings (SSSR count). The molecule has 1 saturated heterocycles. The van der Waals surface area contributed by atoms with Gasteiger partial charge in [0, 0.05) is 24.7 Å². The van der Waals surface area contributed by atoms with E-state index in [4.69, 9.17) is 9.72 Å². The Morgan fingerprint density at radius 1 is 1.25 bits per heavy atom. The number of carbonyl (C=O) groups excluding carboxylic acids is 2. The van der Waals surface area contributed by atoms with Gasteiger partial charge in [0.15, 0.2) is 0 Å². The molecule has 0 bridgehead atoms. The summed E-state index contributed by atoms with van der Waals surface area (Å²) in [4.78, 5) is 46.5. The van der Waals surface area contributed by atoms with Crippen LogP contribution in [0.25, 0.3) is 11.4 Å². The molecule has 172 valence electrons. The van der Waals surface area contributed by atoms with Crippen LogP contribution in [0.15, 0.2) is 23.0 Å². The van der Waals surface area contributed by atoms with E-state index in [9.17, 15) is 14.4 Å². The van der Waals surface area contributed by atoms with E-state index in [2.05, 4.69) is 10.3 Å². The summed E-state index contributed by atoms with van der Waals surface area (Å²) in [5.74, 6) is 0.683. The monoisotopic (exact) mass is 440 g/mol. The van der Waals surface area contributed by atoms with Gasteiger partial charge in [0.1, 0.15) is 17.6 Å². The van der Waals surface area contributed by atoms with E-state index in [0.29, 0.717) is 60.8 Å². The molecule has 2 heterocycles. The SMILES string of the molecule is CCCOc1ccc(NC(=O)[C@@H]2CCCN2C(C)=O)cc1-c1nc(CC)c(CC)c(=O)[nH]1. The molecular weight excluding hydrogens is 408 g/mol. The lowest BCUT2D eigenvalue weighted by Gasteiger charge is -2.22. The molecule has 0 spiro atoms. The first-order valence-corrected chi connectivity index (χ1v) is 11.4. The number of benzene rings is 1. The van der Waals surface area contributed by atoms with Crippen molar-refractivity contribution in [3.8, 4) is 17.1 Å². The molecule has 0 unspecified atom stereocenters.